The molecule has 0 N–H and O–H groups in total. The van der Waals surface area contributed by atoms with Crippen molar-refractivity contribution >= 4 is 17.6 Å². The number of fused-ring (bicyclic) bond motifs is 1. The summed E-state index contributed by atoms with van der Waals surface area (Å²) in [6, 6.07) is 6.13. The number of aryl methyl sites for hydroxylation is 1. The van der Waals surface area contributed by atoms with E-state index in [-0.39, 0.29) is 36.6 Å². The van der Waals surface area contributed by atoms with Gasteiger partial charge in [0.15, 0.2) is 0 Å². The number of carbonyl (C=O) groups is 2. The van der Waals surface area contributed by atoms with E-state index in [4.69, 9.17) is 9.72 Å². The van der Waals surface area contributed by atoms with E-state index in [0.29, 0.717) is 31.3 Å². The molecule has 0 bridgehead atoms. The van der Waals surface area contributed by atoms with Crippen LogP contribution in [0, 0.1) is 12.7 Å². The Bertz CT molecular complexity index is 964. The average Bonchev–Trinajstić information content (AvgIpc) is 3.06. The molecule has 2 aliphatic rings. The molecule has 2 aliphatic heterocycles. The van der Waals surface area contributed by atoms with Crippen LogP contribution in [-0.2, 0) is 27.3 Å². The largest absolute Gasteiger partial charge is 0.375 e. The lowest BCUT2D eigenvalue weighted by atomic mass is 9.96. The van der Waals surface area contributed by atoms with Crippen molar-refractivity contribution in [3.63, 3.8) is 0 Å². The summed E-state index contributed by atoms with van der Waals surface area (Å²) in [6.07, 6.45) is 2.03. The maximum Gasteiger partial charge on any atom is 0.248 e. The first-order chi connectivity index (χ1) is 14.5. The van der Waals surface area contributed by atoms with Crippen molar-refractivity contribution in [3.8, 4) is 0 Å². The molecule has 4 rings (SSSR count). The Hall–Kier alpha value is -2.87. The second-order valence-electron chi connectivity index (χ2n) is 7.86. The number of aromatic nitrogens is 2. The van der Waals surface area contributed by atoms with E-state index < -0.39 is 0 Å². The second kappa shape index (κ2) is 8.47. The summed E-state index contributed by atoms with van der Waals surface area (Å²) in [4.78, 5) is 37.8. The number of halogens is 1. The Balaban J connectivity index is 1.59. The topological polar surface area (TPSA) is 75.6 Å². The van der Waals surface area contributed by atoms with Crippen LogP contribution in [0.15, 0.2) is 24.3 Å². The number of likely N-dealkylation sites (tertiary alicyclic amines) is 1. The normalized spacial score (nSPS) is 18.6. The van der Waals surface area contributed by atoms with Crippen molar-refractivity contribution in [2.75, 3.05) is 31.7 Å². The first-order valence-electron chi connectivity index (χ1n) is 10.1. The Morgan fingerprint density at radius 3 is 2.77 bits per heavy atom. The monoisotopic (exact) mass is 412 g/mol. The van der Waals surface area contributed by atoms with E-state index in [2.05, 4.69) is 4.98 Å². The predicted octanol–water partition coefficient (Wildman–Crippen LogP) is 2.37. The van der Waals surface area contributed by atoms with E-state index in [0.717, 1.165) is 29.7 Å². The fourth-order valence-electron chi connectivity index (χ4n) is 4.14. The van der Waals surface area contributed by atoms with E-state index in [1.807, 2.05) is 6.92 Å². The number of hydrogen-bond acceptors (Lipinski definition) is 5. The molecule has 158 valence electrons. The Labute approximate surface area is 174 Å². The number of amides is 2. The number of benzene rings is 1. The maximum absolute atomic E-state index is 13.2. The van der Waals surface area contributed by atoms with Gasteiger partial charge in [-0.05, 0) is 37.5 Å². The molecule has 2 aromatic rings. The van der Waals surface area contributed by atoms with Gasteiger partial charge in [0.25, 0.3) is 0 Å². The Morgan fingerprint density at radius 1 is 1.27 bits per heavy atom. The Kier molecular flexibility index (Phi) is 5.76. The molecule has 0 saturated carbocycles. The first kappa shape index (κ1) is 20.4. The third kappa shape index (κ3) is 4.05. The van der Waals surface area contributed by atoms with Gasteiger partial charge in [0.05, 0.1) is 13.0 Å². The van der Waals surface area contributed by atoms with E-state index >= 15 is 0 Å². The van der Waals surface area contributed by atoms with Crippen molar-refractivity contribution in [1.82, 2.24) is 14.9 Å². The molecule has 7 nitrogen and oxygen atoms in total. The molecule has 1 fully saturated rings. The average molecular weight is 412 g/mol. The first-order valence-corrected chi connectivity index (χ1v) is 10.1. The second-order valence-corrected chi connectivity index (χ2v) is 7.86. The minimum absolute atomic E-state index is 0.0203. The van der Waals surface area contributed by atoms with Gasteiger partial charge in [0.1, 0.15) is 24.1 Å². The lowest BCUT2D eigenvalue weighted by Gasteiger charge is -2.32. The van der Waals surface area contributed by atoms with Gasteiger partial charge in [0.2, 0.25) is 11.8 Å². The number of methoxy groups -OCH3 is 1. The smallest absolute Gasteiger partial charge is 0.248 e. The fourth-order valence-corrected chi connectivity index (χ4v) is 4.14. The highest BCUT2D eigenvalue weighted by molar-refractivity contribution is 6.00. The fraction of sp³-hybridized carbons (Fsp3) is 0.455. The molecule has 2 amide bonds. The van der Waals surface area contributed by atoms with Crippen LogP contribution in [0.5, 0.6) is 0 Å². The van der Waals surface area contributed by atoms with Crippen LogP contribution in [0.25, 0.3) is 0 Å². The van der Waals surface area contributed by atoms with Crippen molar-refractivity contribution in [3.05, 3.63) is 52.7 Å². The summed E-state index contributed by atoms with van der Waals surface area (Å²) in [6.45, 7) is 3.56. The number of nitrogens with zero attached hydrogens (tertiary/aromatic N) is 4. The molecule has 1 aromatic carbocycles. The summed E-state index contributed by atoms with van der Waals surface area (Å²) in [5.74, 6) is 0.939. The zero-order valence-corrected chi connectivity index (χ0v) is 17.2. The zero-order valence-electron chi connectivity index (χ0n) is 17.2. The van der Waals surface area contributed by atoms with E-state index in [1.165, 1.54) is 19.2 Å². The van der Waals surface area contributed by atoms with Gasteiger partial charge in [-0.3, -0.25) is 14.5 Å². The highest BCUT2D eigenvalue weighted by Gasteiger charge is 2.34. The molecule has 0 aliphatic carbocycles. The van der Waals surface area contributed by atoms with Crippen molar-refractivity contribution < 1.29 is 18.7 Å². The maximum atomic E-state index is 13.2. The number of hydrogen-bond donors (Lipinski definition) is 0. The van der Waals surface area contributed by atoms with Crippen molar-refractivity contribution in [1.29, 1.82) is 0 Å². The van der Waals surface area contributed by atoms with Gasteiger partial charge >= 0.3 is 0 Å². The van der Waals surface area contributed by atoms with Gasteiger partial charge in [-0.2, -0.15) is 0 Å². The molecule has 3 heterocycles. The van der Waals surface area contributed by atoms with Crippen molar-refractivity contribution in [2.45, 2.75) is 38.6 Å². The SMILES string of the molecule is COCC(=O)N1CCC[C@H](c2nc(C)c3c(n2)N(Cc2ccc(F)cc2)C(=O)C3)C1. The van der Waals surface area contributed by atoms with E-state index in [9.17, 15) is 14.0 Å². The minimum Gasteiger partial charge on any atom is -0.375 e. The van der Waals surface area contributed by atoms with E-state index in [1.54, 1.807) is 21.9 Å². The number of ether oxygens (including phenoxy) is 1. The van der Waals surface area contributed by atoms with Crippen LogP contribution >= 0.6 is 0 Å². The van der Waals surface area contributed by atoms with Crippen LogP contribution in [0.3, 0.4) is 0 Å². The lowest BCUT2D eigenvalue weighted by molar-refractivity contribution is -0.136. The molecule has 30 heavy (non-hydrogen) atoms. The van der Waals surface area contributed by atoms with Crippen LogP contribution in [0.1, 0.15) is 41.4 Å². The molecule has 0 spiro atoms. The van der Waals surface area contributed by atoms with Crippen LogP contribution in [0.2, 0.25) is 0 Å². The predicted molar refractivity (Wildman–Crippen MR) is 108 cm³/mol. The summed E-state index contributed by atoms with van der Waals surface area (Å²) in [5, 5.41) is 0. The third-order valence-corrected chi connectivity index (χ3v) is 5.76. The molecule has 8 heteroatoms. The molecule has 1 aromatic heterocycles. The summed E-state index contributed by atoms with van der Waals surface area (Å²) in [7, 11) is 1.51. The van der Waals surface area contributed by atoms with Gasteiger partial charge in [-0.25, -0.2) is 14.4 Å². The minimum atomic E-state index is -0.308. The molecule has 1 atom stereocenters. The molecule has 1 saturated heterocycles. The molecular formula is C22H25FN4O3. The highest BCUT2D eigenvalue weighted by atomic mass is 19.1. The van der Waals surface area contributed by atoms with Crippen LogP contribution in [0.4, 0.5) is 10.2 Å². The third-order valence-electron chi connectivity index (χ3n) is 5.76. The quantitative estimate of drug-likeness (QED) is 0.754. The number of carbonyl (C=O) groups excluding carboxylic acids is 2. The number of piperidine rings is 1. The highest BCUT2D eigenvalue weighted by Crippen LogP contribution is 2.33. The van der Waals surface area contributed by atoms with Gasteiger partial charge in [-0.1, -0.05) is 12.1 Å². The van der Waals surface area contributed by atoms with Gasteiger partial charge in [-0.15, -0.1) is 0 Å². The standard InChI is InChI=1S/C22H25FN4O3/c1-14-18-10-19(28)27(11-15-5-7-17(23)8-6-15)22(18)25-21(24-14)16-4-3-9-26(12-16)20(29)13-30-2/h5-8,16H,3-4,9-13H2,1-2H3/t16-/m0/s1. The van der Waals surface area contributed by atoms with Crippen molar-refractivity contribution in [2.24, 2.45) is 0 Å². The summed E-state index contributed by atoms with van der Waals surface area (Å²) >= 11 is 0. The van der Waals surface area contributed by atoms with Crippen LogP contribution < -0.4 is 4.90 Å². The number of anilines is 1. The molecule has 0 unspecified atom stereocenters. The number of rotatable bonds is 5. The Morgan fingerprint density at radius 2 is 2.03 bits per heavy atom. The lowest BCUT2D eigenvalue weighted by Crippen LogP contribution is -2.41. The molecular weight excluding hydrogens is 387 g/mol. The van der Waals surface area contributed by atoms with Gasteiger partial charge < -0.3 is 9.64 Å². The summed E-state index contributed by atoms with van der Waals surface area (Å²) in [5.41, 5.74) is 2.48. The molecule has 0 radical (unpaired) electrons. The zero-order chi connectivity index (χ0) is 21.3. The summed E-state index contributed by atoms with van der Waals surface area (Å²) < 4.78 is 18.2. The van der Waals surface area contributed by atoms with Gasteiger partial charge in [0, 0.05) is 37.4 Å². The van der Waals surface area contributed by atoms with Crippen LogP contribution in [-0.4, -0.2) is 53.5 Å².